The third-order valence-electron chi connectivity index (χ3n) is 5.64. The number of imide groups is 1. The van der Waals surface area contributed by atoms with Crippen LogP contribution in [0.15, 0.2) is 58.3 Å². The number of aryl methyl sites for hydroxylation is 2. The molecule has 1 atom stereocenters. The summed E-state index contributed by atoms with van der Waals surface area (Å²) in [5.74, 6) is 1.62. The molecule has 4 heterocycles. The van der Waals surface area contributed by atoms with Crippen LogP contribution in [0.4, 0.5) is 10.7 Å². The lowest BCUT2D eigenvalue weighted by molar-refractivity contribution is -0.677. The molecule has 0 bridgehead atoms. The molecule has 2 aliphatic heterocycles. The maximum Gasteiger partial charge on any atom is 0.402 e. The van der Waals surface area contributed by atoms with Gasteiger partial charge in [-0.15, -0.1) is 0 Å². The number of likely N-dealkylation sites (N-methyl/N-ethyl adjacent to an activating group) is 1. The molecule has 0 aliphatic carbocycles. The summed E-state index contributed by atoms with van der Waals surface area (Å²) in [6.45, 7) is 4.69. The number of fused-ring (bicyclic) bond motifs is 3. The summed E-state index contributed by atoms with van der Waals surface area (Å²) in [4.78, 5) is 33.8. The van der Waals surface area contributed by atoms with Gasteiger partial charge in [-0.2, -0.15) is 0 Å². The summed E-state index contributed by atoms with van der Waals surface area (Å²) in [6, 6.07) is 10.6. The van der Waals surface area contributed by atoms with Crippen LogP contribution in [0.25, 0.3) is 0 Å². The first-order chi connectivity index (χ1) is 14.4. The van der Waals surface area contributed by atoms with E-state index in [9.17, 15) is 9.59 Å². The predicted molar refractivity (Wildman–Crippen MR) is 108 cm³/mol. The van der Waals surface area contributed by atoms with E-state index >= 15 is 0 Å². The Labute approximate surface area is 173 Å². The normalized spacial score (nSPS) is 18.0. The van der Waals surface area contributed by atoms with Gasteiger partial charge in [0.25, 0.3) is 5.91 Å². The Balaban J connectivity index is 1.51. The summed E-state index contributed by atoms with van der Waals surface area (Å²) >= 11 is 0. The number of nitrogens with zero attached hydrogens (tertiary/aromatic N) is 5. The van der Waals surface area contributed by atoms with Crippen molar-refractivity contribution in [1.29, 1.82) is 0 Å². The molecule has 30 heavy (non-hydrogen) atoms. The highest BCUT2D eigenvalue weighted by atomic mass is 16.3. The van der Waals surface area contributed by atoms with Crippen molar-refractivity contribution < 1.29 is 18.6 Å². The van der Waals surface area contributed by atoms with E-state index < -0.39 is 6.04 Å². The first kappa shape index (κ1) is 18.4. The second kappa shape index (κ2) is 6.69. The minimum atomic E-state index is -0.649. The van der Waals surface area contributed by atoms with Gasteiger partial charge in [0.1, 0.15) is 24.2 Å². The molecule has 0 saturated carbocycles. The largest absolute Gasteiger partial charge is 0.466 e. The number of urea groups is 1. The summed E-state index contributed by atoms with van der Waals surface area (Å²) in [6.07, 6.45) is 3.54. The van der Waals surface area contributed by atoms with E-state index in [1.165, 1.54) is 9.80 Å². The zero-order valence-corrected chi connectivity index (χ0v) is 17.1. The average Bonchev–Trinajstić information content (AvgIpc) is 3.42. The van der Waals surface area contributed by atoms with E-state index in [-0.39, 0.29) is 18.5 Å². The van der Waals surface area contributed by atoms with Crippen LogP contribution in [0.5, 0.6) is 0 Å². The number of furan rings is 1. The Bertz CT molecular complexity index is 1190. The van der Waals surface area contributed by atoms with Gasteiger partial charge in [0.15, 0.2) is 0 Å². The lowest BCUT2D eigenvalue weighted by Gasteiger charge is -2.33. The number of rotatable bonds is 4. The maximum atomic E-state index is 13.4. The number of aliphatic imine (C=N–C) groups is 1. The van der Waals surface area contributed by atoms with Gasteiger partial charge in [-0.25, -0.2) is 13.9 Å². The molecule has 0 radical (unpaired) electrons. The molecular formula is C22H22N5O3+. The molecule has 1 fully saturated rings. The van der Waals surface area contributed by atoms with Gasteiger partial charge >= 0.3 is 12.0 Å². The highest BCUT2D eigenvalue weighted by Gasteiger charge is 2.53. The van der Waals surface area contributed by atoms with E-state index in [1.807, 2.05) is 65.6 Å². The molecule has 1 aromatic carbocycles. The Hall–Kier alpha value is -3.68. The SMILES string of the molecule is Cc1cccc(CN2C(=O)C3C(=Nc4n(Cc5ccco5)c(C)c[n+]43)N(C)C2=O)c1. The van der Waals surface area contributed by atoms with Gasteiger partial charge in [-0.3, -0.25) is 14.6 Å². The average molecular weight is 404 g/mol. The predicted octanol–water partition coefficient (Wildman–Crippen LogP) is 2.71. The zero-order chi connectivity index (χ0) is 21.0. The molecule has 2 aromatic heterocycles. The van der Waals surface area contributed by atoms with Crippen molar-refractivity contribution in [2.75, 3.05) is 7.05 Å². The van der Waals surface area contributed by atoms with E-state index in [1.54, 1.807) is 13.3 Å². The van der Waals surface area contributed by atoms with E-state index in [0.29, 0.717) is 18.3 Å². The van der Waals surface area contributed by atoms with Crippen LogP contribution >= 0.6 is 0 Å². The van der Waals surface area contributed by atoms with Crippen molar-refractivity contribution >= 4 is 23.7 Å². The molecule has 1 unspecified atom stereocenters. The lowest BCUT2D eigenvalue weighted by atomic mass is 10.1. The fourth-order valence-electron chi connectivity index (χ4n) is 4.12. The van der Waals surface area contributed by atoms with Crippen LogP contribution in [0.3, 0.4) is 0 Å². The molecule has 8 nitrogen and oxygen atoms in total. The van der Waals surface area contributed by atoms with Gasteiger partial charge < -0.3 is 4.42 Å². The maximum absolute atomic E-state index is 13.4. The summed E-state index contributed by atoms with van der Waals surface area (Å²) in [7, 11) is 1.67. The molecule has 8 heteroatoms. The van der Waals surface area contributed by atoms with Crippen molar-refractivity contribution in [1.82, 2.24) is 14.4 Å². The van der Waals surface area contributed by atoms with E-state index in [4.69, 9.17) is 4.42 Å². The van der Waals surface area contributed by atoms with Crippen LogP contribution < -0.4 is 4.57 Å². The number of imidazole rings is 1. The lowest BCUT2D eigenvalue weighted by Crippen LogP contribution is -2.62. The topological polar surface area (TPSA) is 74.9 Å². The smallest absolute Gasteiger partial charge is 0.402 e. The number of hydrogen-bond acceptors (Lipinski definition) is 4. The Kier molecular flexibility index (Phi) is 4.09. The molecule has 5 rings (SSSR count). The Morgan fingerprint density at radius 2 is 1.97 bits per heavy atom. The molecule has 0 N–H and O–H groups in total. The Morgan fingerprint density at radius 3 is 2.70 bits per heavy atom. The van der Waals surface area contributed by atoms with Crippen LogP contribution in [0.2, 0.25) is 0 Å². The number of amides is 3. The van der Waals surface area contributed by atoms with Crippen LogP contribution in [-0.4, -0.2) is 39.2 Å². The number of hydrogen-bond donors (Lipinski definition) is 0. The Morgan fingerprint density at radius 1 is 1.13 bits per heavy atom. The zero-order valence-electron chi connectivity index (χ0n) is 17.1. The van der Waals surface area contributed by atoms with E-state index in [2.05, 4.69) is 4.99 Å². The van der Waals surface area contributed by atoms with Gasteiger partial charge in [0.2, 0.25) is 11.9 Å². The van der Waals surface area contributed by atoms with Crippen molar-refractivity contribution in [3.8, 4) is 0 Å². The second-order valence-electron chi connectivity index (χ2n) is 7.77. The number of carbonyl (C=O) groups excluding carboxylic acids is 2. The molecule has 2 aliphatic rings. The van der Waals surface area contributed by atoms with Gasteiger partial charge in [0, 0.05) is 7.05 Å². The van der Waals surface area contributed by atoms with E-state index in [0.717, 1.165) is 22.6 Å². The number of amidine groups is 1. The summed E-state index contributed by atoms with van der Waals surface area (Å²) < 4.78 is 9.31. The van der Waals surface area contributed by atoms with Gasteiger partial charge in [-0.05, 0) is 31.5 Å². The first-order valence-electron chi connectivity index (χ1n) is 9.81. The fraction of sp³-hybridized carbons (Fsp3) is 0.273. The molecule has 3 amide bonds. The van der Waals surface area contributed by atoms with Gasteiger partial charge in [0.05, 0.1) is 12.8 Å². The number of benzene rings is 1. The van der Waals surface area contributed by atoms with Crippen molar-refractivity contribution in [3.63, 3.8) is 0 Å². The van der Waals surface area contributed by atoms with Crippen molar-refractivity contribution in [3.05, 3.63) is 71.4 Å². The molecule has 1 saturated heterocycles. The third kappa shape index (κ3) is 2.75. The quantitative estimate of drug-likeness (QED) is 0.628. The van der Waals surface area contributed by atoms with Gasteiger partial charge in [-0.1, -0.05) is 34.8 Å². The summed E-state index contributed by atoms with van der Waals surface area (Å²) in [5.41, 5.74) is 2.96. The fourth-order valence-corrected chi connectivity index (χ4v) is 4.12. The number of carbonyl (C=O) groups is 2. The van der Waals surface area contributed by atoms with Crippen molar-refractivity contribution in [2.24, 2.45) is 4.99 Å². The first-order valence-corrected chi connectivity index (χ1v) is 9.81. The third-order valence-corrected chi connectivity index (χ3v) is 5.64. The second-order valence-corrected chi connectivity index (χ2v) is 7.77. The monoisotopic (exact) mass is 404 g/mol. The molecular weight excluding hydrogens is 382 g/mol. The minimum absolute atomic E-state index is 0.232. The van der Waals surface area contributed by atoms with Crippen LogP contribution in [0.1, 0.15) is 28.6 Å². The molecule has 152 valence electrons. The van der Waals surface area contributed by atoms with Crippen LogP contribution in [-0.2, 0) is 17.9 Å². The highest BCUT2D eigenvalue weighted by Crippen LogP contribution is 2.30. The standard InChI is InChI=1S/C22H22N5O3/c1-14-6-4-7-16(10-14)12-27-20(28)18-19(24(3)22(27)29)23-21-25(15(2)11-26(18)21)13-17-8-5-9-30-17/h4-11,18H,12-13H2,1-3H3/q+1. The number of aromatic nitrogens is 2. The molecule has 0 spiro atoms. The van der Waals surface area contributed by atoms with Crippen molar-refractivity contribution in [2.45, 2.75) is 33.0 Å². The molecule has 3 aromatic rings. The summed E-state index contributed by atoms with van der Waals surface area (Å²) in [5, 5.41) is 0. The minimum Gasteiger partial charge on any atom is -0.466 e. The highest BCUT2D eigenvalue weighted by molar-refractivity contribution is 6.19. The van der Waals surface area contributed by atoms with Crippen LogP contribution in [0, 0.1) is 13.8 Å².